The van der Waals surface area contributed by atoms with Crippen LogP contribution in [-0.2, 0) is 9.47 Å². The van der Waals surface area contributed by atoms with Gasteiger partial charge in [0.05, 0.1) is 24.9 Å². The van der Waals surface area contributed by atoms with Gasteiger partial charge >= 0.3 is 0 Å². The smallest absolute Gasteiger partial charge is 0.272 e. The fourth-order valence-electron chi connectivity index (χ4n) is 3.55. The average Bonchev–Trinajstić information content (AvgIpc) is 3.04. The Labute approximate surface area is 130 Å². The molecule has 3 fully saturated rings. The number of nitrogens with zero attached hydrogens (tertiary/aromatic N) is 2. The molecule has 1 aromatic rings. The summed E-state index contributed by atoms with van der Waals surface area (Å²) in [7, 11) is 0. The van der Waals surface area contributed by atoms with Gasteiger partial charge in [0.2, 0.25) is 0 Å². The van der Waals surface area contributed by atoms with E-state index in [2.05, 4.69) is 10.2 Å². The number of nitrogens with one attached hydrogen (secondary N) is 1. The number of aromatic nitrogens is 2. The summed E-state index contributed by atoms with van der Waals surface area (Å²) in [6.07, 6.45) is 7.51. The predicted molar refractivity (Wildman–Crippen MR) is 79.5 cm³/mol. The maximum atomic E-state index is 12.5. The van der Waals surface area contributed by atoms with Gasteiger partial charge in [-0.15, -0.1) is 0 Å². The number of hydrogen-bond acceptors (Lipinski definition) is 4. The summed E-state index contributed by atoms with van der Waals surface area (Å²) in [6, 6.07) is 1.93. The molecule has 120 valence electrons. The first-order valence-corrected chi connectivity index (χ1v) is 8.35. The molecule has 3 heterocycles. The number of H-pyrrole nitrogens is 1. The van der Waals surface area contributed by atoms with Crippen LogP contribution in [0, 0.1) is 5.92 Å². The van der Waals surface area contributed by atoms with Gasteiger partial charge in [0, 0.05) is 19.3 Å². The van der Waals surface area contributed by atoms with Crippen molar-refractivity contribution in [3.05, 3.63) is 18.0 Å². The minimum atomic E-state index is 0.0389. The first-order chi connectivity index (χ1) is 10.8. The van der Waals surface area contributed by atoms with Crippen LogP contribution in [0.3, 0.4) is 0 Å². The van der Waals surface area contributed by atoms with E-state index in [-0.39, 0.29) is 24.2 Å². The van der Waals surface area contributed by atoms with E-state index in [1.807, 2.05) is 4.90 Å². The lowest BCUT2D eigenvalue weighted by Gasteiger charge is -2.35. The number of ether oxygens (including phenoxy) is 2. The minimum absolute atomic E-state index is 0.0389. The van der Waals surface area contributed by atoms with Crippen molar-refractivity contribution in [1.29, 1.82) is 0 Å². The normalized spacial score (nSPS) is 31.3. The first-order valence-electron chi connectivity index (χ1n) is 8.35. The van der Waals surface area contributed by atoms with Crippen molar-refractivity contribution in [1.82, 2.24) is 15.1 Å². The van der Waals surface area contributed by atoms with Crippen molar-refractivity contribution in [2.45, 2.75) is 50.4 Å². The molecule has 2 saturated heterocycles. The third-order valence-electron chi connectivity index (χ3n) is 4.98. The van der Waals surface area contributed by atoms with E-state index in [4.69, 9.17) is 9.47 Å². The lowest BCUT2D eigenvalue weighted by atomic mass is 9.99. The quantitative estimate of drug-likeness (QED) is 0.897. The fourth-order valence-corrected chi connectivity index (χ4v) is 3.55. The molecule has 1 saturated carbocycles. The lowest BCUT2D eigenvalue weighted by Crippen LogP contribution is -2.46. The van der Waals surface area contributed by atoms with Crippen LogP contribution in [-0.4, -0.2) is 59.0 Å². The van der Waals surface area contributed by atoms with Gasteiger partial charge < -0.3 is 14.4 Å². The molecule has 0 unspecified atom stereocenters. The van der Waals surface area contributed by atoms with Crippen LogP contribution in [0.5, 0.6) is 0 Å². The molecule has 1 aliphatic carbocycles. The number of carbonyl (C=O) groups excluding carboxylic acids is 1. The van der Waals surface area contributed by atoms with E-state index in [0.717, 1.165) is 38.3 Å². The number of likely N-dealkylation sites (tertiary alicyclic amines) is 1. The highest BCUT2D eigenvalue weighted by Crippen LogP contribution is 2.33. The molecular formula is C16H23N3O3. The van der Waals surface area contributed by atoms with Crippen LogP contribution in [0.4, 0.5) is 0 Å². The summed E-state index contributed by atoms with van der Waals surface area (Å²) in [5, 5.41) is 6.62. The van der Waals surface area contributed by atoms with E-state index in [1.165, 1.54) is 12.8 Å². The van der Waals surface area contributed by atoms with Crippen molar-refractivity contribution in [2.24, 2.45) is 5.92 Å². The maximum Gasteiger partial charge on any atom is 0.272 e. The zero-order valence-corrected chi connectivity index (χ0v) is 12.7. The average molecular weight is 305 g/mol. The molecule has 6 heteroatoms. The molecule has 0 bridgehead atoms. The van der Waals surface area contributed by atoms with E-state index >= 15 is 0 Å². The highest BCUT2D eigenvalue weighted by atomic mass is 16.5. The molecule has 0 spiro atoms. The molecule has 1 N–H and O–H groups in total. The van der Waals surface area contributed by atoms with Crippen LogP contribution < -0.4 is 0 Å². The Kier molecular flexibility index (Phi) is 3.88. The molecule has 6 nitrogen and oxygen atoms in total. The molecule has 3 aliphatic rings. The monoisotopic (exact) mass is 305 g/mol. The molecule has 3 atom stereocenters. The van der Waals surface area contributed by atoms with Crippen LogP contribution in [0.1, 0.15) is 42.6 Å². The standard InChI is InChI=1S/C16H23N3O3/c20-16(13-5-7-17-18-13)19-8-6-15-14(19)4-3-12(22-15)10-21-9-11-1-2-11/h5,7,11-12,14-15H,1-4,6,8-10H2,(H,17,18)/t12-,14+,15+/m0/s1. The Bertz CT molecular complexity index is 515. The molecule has 0 radical (unpaired) electrons. The van der Waals surface area contributed by atoms with Gasteiger partial charge in [0.15, 0.2) is 0 Å². The number of amides is 1. The van der Waals surface area contributed by atoms with Gasteiger partial charge in [-0.2, -0.15) is 5.10 Å². The second-order valence-electron chi connectivity index (χ2n) is 6.68. The summed E-state index contributed by atoms with van der Waals surface area (Å²) in [5.74, 6) is 0.836. The summed E-state index contributed by atoms with van der Waals surface area (Å²) >= 11 is 0. The Hall–Kier alpha value is -1.40. The number of carbonyl (C=O) groups is 1. The number of hydrogen-bond donors (Lipinski definition) is 1. The summed E-state index contributed by atoms with van der Waals surface area (Å²) in [4.78, 5) is 14.4. The van der Waals surface area contributed by atoms with Crippen molar-refractivity contribution in [3.63, 3.8) is 0 Å². The van der Waals surface area contributed by atoms with Gasteiger partial charge in [-0.25, -0.2) is 0 Å². The van der Waals surface area contributed by atoms with Gasteiger partial charge in [-0.1, -0.05) is 0 Å². The van der Waals surface area contributed by atoms with E-state index < -0.39 is 0 Å². The first kappa shape index (κ1) is 14.2. The van der Waals surface area contributed by atoms with Gasteiger partial charge in [0.25, 0.3) is 5.91 Å². The molecular weight excluding hydrogens is 282 g/mol. The SMILES string of the molecule is O=C(c1ccn[nH]1)N1CC[C@H]2O[C@H](COCC3CC3)CC[C@H]21. The molecule has 0 aromatic carbocycles. The van der Waals surface area contributed by atoms with Crippen LogP contribution >= 0.6 is 0 Å². The summed E-state index contributed by atoms with van der Waals surface area (Å²) in [5.41, 5.74) is 0.565. The minimum Gasteiger partial charge on any atom is -0.378 e. The van der Waals surface area contributed by atoms with Crippen LogP contribution in [0.2, 0.25) is 0 Å². The lowest BCUT2D eigenvalue weighted by molar-refractivity contribution is -0.0973. The second-order valence-corrected chi connectivity index (χ2v) is 6.68. The molecule has 1 amide bonds. The predicted octanol–water partition coefficient (Wildman–Crippen LogP) is 1.60. The Morgan fingerprint density at radius 2 is 2.23 bits per heavy atom. The summed E-state index contributed by atoms with van der Waals surface area (Å²) < 4.78 is 11.9. The molecule has 4 rings (SSSR count). The maximum absolute atomic E-state index is 12.5. The third-order valence-corrected chi connectivity index (χ3v) is 4.98. The summed E-state index contributed by atoms with van der Waals surface area (Å²) in [6.45, 7) is 2.36. The topological polar surface area (TPSA) is 67.5 Å². The van der Waals surface area contributed by atoms with Crippen molar-refractivity contribution >= 4 is 5.91 Å². The van der Waals surface area contributed by atoms with Crippen molar-refractivity contribution in [3.8, 4) is 0 Å². The molecule has 2 aliphatic heterocycles. The Balaban J connectivity index is 1.30. The van der Waals surface area contributed by atoms with Gasteiger partial charge in [-0.05, 0) is 44.1 Å². The fraction of sp³-hybridized carbons (Fsp3) is 0.750. The zero-order chi connectivity index (χ0) is 14.9. The Morgan fingerprint density at radius 3 is 3.00 bits per heavy atom. The number of fused-ring (bicyclic) bond motifs is 1. The largest absolute Gasteiger partial charge is 0.378 e. The molecule has 1 aromatic heterocycles. The molecule has 22 heavy (non-hydrogen) atoms. The number of rotatable bonds is 5. The van der Waals surface area contributed by atoms with E-state index in [0.29, 0.717) is 12.3 Å². The van der Waals surface area contributed by atoms with Gasteiger partial charge in [-0.3, -0.25) is 9.89 Å². The highest BCUT2D eigenvalue weighted by Gasteiger charge is 2.42. The third kappa shape index (κ3) is 2.90. The second kappa shape index (κ2) is 6.01. The highest BCUT2D eigenvalue weighted by molar-refractivity contribution is 5.92. The van der Waals surface area contributed by atoms with Crippen LogP contribution in [0.15, 0.2) is 12.3 Å². The van der Waals surface area contributed by atoms with Crippen LogP contribution in [0.25, 0.3) is 0 Å². The van der Waals surface area contributed by atoms with Crippen molar-refractivity contribution in [2.75, 3.05) is 19.8 Å². The van der Waals surface area contributed by atoms with Gasteiger partial charge in [0.1, 0.15) is 5.69 Å². The van der Waals surface area contributed by atoms with Crippen molar-refractivity contribution < 1.29 is 14.3 Å². The van der Waals surface area contributed by atoms with E-state index in [1.54, 1.807) is 12.3 Å². The zero-order valence-electron chi connectivity index (χ0n) is 12.7. The Morgan fingerprint density at radius 1 is 1.32 bits per heavy atom. The van der Waals surface area contributed by atoms with E-state index in [9.17, 15) is 4.79 Å². The number of aromatic amines is 1.